The number of hydrogen-bond acceptors (Lipinski definition) is 3. The van der Waals surface area contributed by atoms with Gasteiger partial charge in [0.15, 0.2) is 14.9 Å². The highest BCUT2D eigenvalue weighted by Gasteiger charge is 2.31. The summed E-state index contributed by atoms with van der Waals surface area (Å²) in [5.74, 6) is 0.403. The Bertz CT molecular complexity index is 631. The summed E-state index contributed by atoms with van der Waals surface area (Å²) >= 11 is 11.4. The summed E-state index contributed by atoms with van der Waals surface area (Å²) in [6.45, 7) is 1.91. The summed E-state index contributed by atoms with van der Waals surface area (Å²) < 4.78 is 23.0. The van der Waals surface area contributed by atoms with Crippen LogP contribution in [0.2, 0.25) is 5.02 Å². The van der Waals surface area contributed by atoms with E-state index in [1.807, 2.05) is 37.1 Å². The maximum absolute atomic E-state index is 11.5. The summed E-state index contributed by atoms with van der Waals surface area (Å²) in [7, 11) is -1.09. The number of rotatable bonds is 2. The standard InChI is InChI=1S/C13H17ClN2O2S2/c1-9-11(14)4-3-5-12(9)15-13(19)16(2)10-6-7-20(17,18)8-10/h3-5,10H,6-8H2,1-2H3,(H,15,19)/t10-/m0/s1. The third kappa shape index (κ3) is 3.42. The van der Waals surface area contributed by atoms with Crippen LogP contribution >= 0.6 is 23.8 Å². The van der Waals surface area contributed by atoms with Crippen molar-refractivity contribution in [1.29, 1.82) is 0 Å². The quantitative estimate of drug-likeness (QED) is 0.843. The van der Waals surface area contributed by atoms with Gasteiger partial charge in [-0.25, -0.2) is 8.42 Å². The van der Waals surface area contributed by atoms with E-state index in [-0.39, 0.29) is 17.5 Å². The van der Waals surface area contributed by atoms with Crippen molar-refractivity contribution < 1.29 is 8.42 Å². The number of thiocarbonyl (C=S) groups is 1. The molecule has 1 fully saturated rings. The van der Waals surface area contributed by atoms with Crippen molar-refractivity contribution in [1.82, 2.24) is 4.90 Å². The van der Waals surface area contributed by atoms with Gasteiger partial charge >= 0.3 is 0 Å². The fourth-order valence-electron chi connectivity index (χ4n) is 2.19. The lowest BCUT2D eigenvalue weighted by molar-refractivity contribution is 0.402. The topological polar surface area (TPSA) is 49.4 Å². The first kappa shape index (κ1) is 15.5. The molecule has 2 rings (SSSR count). The second kappa shape index (κ2) is 5.87. The molecule has 1 atom stereocenters. The predicted octanol–water partition coefficient (Wildman–Crippen LogP) is 2.46. The van der Waals surface area contributed by atoms with Gasteiger partial charge < -0.3 is 10.2 Å². The Balaban J connectivity index is 2.07. The summed E-state index contributed by atoms with van der Waals surface area (Å²) in [6.07, 6.45) is 0.620. The average Bonchev–Trinajstić information content (AvgIpc) is 2.74. The number of hydrogen-bond donors (Lipinski definition) is 1. The first-order valence-corrected chi connectivity index (χ1v) is 8.90. The Hall–Kier alpha value is -0.850. The lowest BCUT2D eigenvalue weighted by atomic mass is 10.2. The molecule has 110 valence electrons. The van der Waals surface area contributed by atoms with Crippen LogP contribution in [0, 0.1) is 6.92 Å². The highest BCUT2D eigenvalue weighted by Crippen LogP contribution is 2.24. The van der Waals surface area contributed by atoms with Crippen molar-refractivity contribution in [3.05, 3.63) is 28.8 Å². The summed E-state index contributed by atoms with van der Waals surface area (Å²) in [4.78, 5) is 1.82. The second-order valence-corrected chi connectivity index (χ2v) is 8.03. The summed E-state index contributed by atoms with van der Waals surface area (Å²) in [5.41, 5.74) is 1.76. The number of nitrogens with one attached hydrogen (secondary N) is 1. The number of nitrogens with zero attached hydrogens (tertiary/aromatic N) is 1. The van der Waals surface area contributed by atoms with Crippen molar-refractivity contribution in [2.75, 3.05) is 23.9 Å². The van der Waals surface area contributed by atoms with Crippen LogP contribution in [-0.4, -0.2) is 43.0 Å². The molecule has 1 aliphatic heterocycles. The molecule has 20 heavy (non-hydrogen) atoms. The summed E-state index contributed by atoms with van der Waals surface area (Å²) in [6, 6.07) is 5.50. The molecule has 1 aromatic rings. The Kier molecular flexibility index (Phi) is 4.56. The zero-order valence-corrected chi connectivity index (χ0v) is 13.8. The monoisotopic (exact) mass is 332 g/mol. The summed E-state index contributed by atoms with van der Waals surface area (Å²) in [5, 5.41) is 4.31. The Labute approximate surface area is 130 Å². The van der Waals surface area contributed by atoms with Crippen LogP contribution in [0.4, 0.5) is 5.69 Å². The van der Waals surface area contributed by atoms with Gasteiger partial charge in [-0.05, 0) is 43.3 Å². The lowest BCUT2D eigenvalue weighted by Gasteiger charge is -2.27. The van der Waals surface area contributed by atoms with Crippen LogP contribution in [-0.2, 0) is 9.84 Å². The van der Waals surface area contributed by atoms with Gasteiger partial charge in [-0.3, -0.25) is 0 Å². The van der Waals surface area contributed by atoms with Gasteiger partial charge in [0, 0.05) is 23.8 Å². The van der Waals surface area contributed by atoms with Crippen molar-refractivity contribution >= 4 is 44.5 Å². The molecule has 1 heterocycles. The lowest BCUT2D eigenvalue weighted by Crippen LogP contribution is -2.40. The molecule has 7 heteroatoms. The third-order valence-corrected chi connectivity index (χ3v) is 6.14. The minimum Gasteiger partial charge on any atom is -0.348 e. The second-order valence-electron chi connectivity index (χ2n) is 5.01. The minimum absolute atomic E-state index is 0.0560. The molecular weight excluding hydrogens is 316 g/mol. The molecule has 0 aromatic heterocycles. The molecule has 1 saturated heterocycles. The van der Waals surface area contributed by atoms with E-state index in [1.54, 1.807) is 0 Å². The van der Waals surface area contributed by atoms with Crippen LogP contribution in [0.25, 0.3) is 0 Å². The van der Waals surface area contributed by atoms with E-state index in [1.165, 1.54) is 0 Å². The zero-order valence-electron chi connectivity index (χ0n) is 11.4. The largest absolute Gasteiger partial charge is 0.348 e. The number of halogens is 1. The van der Waals surface area contributed by atoms with Gasteiger partial charge in [0.05, 0.1) is 11.5 Å². The molecule has 0 radical (unpaired) electrons. The molecule has 1 N–H and O–H groups in total. The molecule has 1 aromatic carbocycles. The van der Waals surface area contributed by atoms with Crippen LogP contribution < -0.4 is 5.32 Å². The number of anilines is 1. The first-order valence-electron chi connectivity index (χ1n) is 6.29. The average molecular weight is 333 g/mol. The zero-order chi connectivity index (χ0) is 14.9. The van der Waals surface area contributed by atoms with Gasteiger partial charge in [-0.2, -0.15) is 0 Å². The fourth-order valence-corrected chi connectivity index (χ4v) is 4.40. The first-order chi connectivity index (χ1) is 9.30. The minimum atomic E-state index is -2.91. The smallest absolute Gasteiger partial charge is 0.173 e. The SMILES string of the molecule is Cc1c(Cl)cccc1NC(=S)N(C)[C@H]1CCS(=O)(=O)C1. The van der Waals surface area contributed by atoms with Gasteiger partial charge in [-0.1, -0.05) is 17.7 Å². The predicted molar refractivity (Wildman–Crippen MR) is 87.2 cm³/mol. The number of sulfone groups is 1. The Morgan fingerprint density at radius 1 is 1.50 bits per heavy atom. The maximum atomic E-state index is 11.5. The van der Waals surface area contributed by atoms with Crippen molar-refractivity contribution in [2.45, 2.75) is 19.4 Å². The Morgan fingerprint density at radius 3 is 2.80 bits per heavy atom. The third-order valence-electron chi connectivity index (χ3n) is 3.59. The molecule has 0 spiro atoms. The van der Waals surface area contributed by atoms with Crippen LogP contribution in [0.5, 0.6) is 0 Å². The van der Waals surface area contributed by atoms with Gasteiger partial charge in [0.2, 0.25) is 0 Å². The normalized spacial score (nSPS) is 20.6. The van der Waals surface area contributed by atoms with Crippen molar-refractivity contribution in [3.8, 4) is 0 Å². The molecule has 0 aliphatic carbocycles. The van der Waals surface area contributed by atoms with E-state index >= 15 is 0 Å². The van der Waals surface area contributed by atoms with E-state index in [2.05, 4.69) is 5.32 Å². The number of benzene rings is 1. The molecule has 4 nitrogen and oxygen atoms in total. The molecule has 0 bridgehead atoms. The molecule has 0 unspecified atom stereocenters. The van der Waals surface area contributed by atoms with E-state index in [9.17, 15) is 8.42 Å². The van der Waals surface area contributed by atoms with Crippen molar-refractivity contribution in [2.24, 2.45) is 0 Å². The Morgan fingerprint density at radius 2 is 2.20 bits per heavy atom. The van der Waals surface area contributed by atoms with E-state index in [0.29, 0.717) is 16.6 Å². The molecule has 0 saturated carbocycles. The van der Waals surface area contributed by atoms with E-state index in [0.717, 1.165) is 11.3 Å². The maximum Gasteiger partial charge on any atom is 0.173 e. The van der Waals surface area contributed by atoms with Crippen LogP contribution in [0.1, 0.15) is 12.0 Å². The molecule has 1 aliphatic rings. The van der Waals surface area contributed by atoms with Crippen LogP contribution in [0.15, 0.2) is 18.2 Å². The molecular formula is C13H17ClN2O2S2. The van der Waals surface area contributed by atoms with E-state index in [4.69, 9.17) is 23.8 Å². The van der Waals surface area contributed by atoms with Crippen molar-refractivity contribution in [3.63, 3.8) is 0 Å². The van der Waals surface area contributed by atoms with Gasteiger partial charge in [-0.15, -0.1) is 0 Å². The fraction of sp³-hybridized carbons (Fsp3) is 0.462. The van der Waals surface area contributed by atoms with E-state index < -0.39 is 9.84 Å². The van der Waals surface area contributed by atoms with Gasteiger partial charge in [0.25, 0.3) is 0 Å². The van der Waals surface area contributed by atoms with Crippen LogP contribution in [0.3, 0.4) is 0 Å². The highest BCUT2D eigenvalue weighted by atomic mass is 35.5. The highest BCUT2D eigenvalue weighted by molar-refractivity contribution is 7.91. The molecule has 0 amide bonds. The van der Waals surface area contributed by atoms with Gasteiger partial charge in [0.1, 0.15) is 0 Å².